The van der Waals surface area contributed by atoms with Gasteiger partial charge in [0, 0.05) is 37.0 Å². The second kappa shape index (κ2) is 5.73. The van der Waals surface area contributed by atoms with Crippen LogP contribution in [-0.4, -0.2) is 64.9 Å². The molecule has 0 saturated carbocycles. The summed E-state index contributed by atoms with van der Waals surface area (Å²) in [6, 6.07) is -0.958. The summed E-state index contributed by atoms with van der Waals surface area (Å²) in [7, 11) is 0. The Morgan fingerprint density at radius 1 is 1.08 bits per heavy atom. The van der Waals surface area contributed by atoms with E-state index in [4.69, 9.17) is 0 Å². The number of carbonyl (C=O) groups is 5. The summed E-state index contributed by atoms with van der Waals surface area (Å²) < 4.78 is 0. The fourth-order valence-corrected chi connectivity index (χ4v) is 3.81. The number of carbonyl (C=O) groups excluding carboxylic acids is 5. The summed E-state index contributed by atoms with van der Waals surface area (Å²) in [5.41, 5.74) is 0.652. The fourth-order valence-electron chi connectivity index (χ4n) is 3.81. The van der Waals surface area contributed by atoms with Crippen LogP contribution >= 0.6 is 0 Å². The van der Waals surface area contributed by atoms with Gasteiger partial charge in [0.05, 0.1) is 5.57 Å². The van der Waals surface area contributed by atoms with Gasteiger partial charge in [0.25, 0.3) is 11.8 Å². The topological polar surface area (TPSA) is 104 Å². The first-order valence-electron chi connectivity index (χ1n) is 8.33. The Balaban J connectivity index is 1.55. The molecule has 0 aromatic rings. The molecule has 3 fully saturated rings. The number of piperidine rings is 1. The fraction of sp³-hybridized carbons (Fsp3) is 0.471. The van der Waals surface area contributed by atoms with Crippen molar-refractivity contribution >= 4 is 29.9 Å². The van der Waals surface area contributed by atoms with E-state index in [-0.39, 0.29) is 24.8 Å². The van der Waals surface area contributed by atoms with Crippen LogP contribution in [0.3, 0.4) is 0 Å². The first-order chi connectivity index (χ1) is 12.0. The van der Waals surface area contributed by atoms with E-state index in [1.165, 1.54) is 0 Å². The Bertz CT molecular complexity index is 762. The molecule has 3 heterocycles. The van der Waals surface area contributed by atoms with Gasteiger partial charge in [-0.2, -0.15) is 0 Å². The van der Waals surface area contributed by atoms with Crippen molar-refractivity contribution in [3.63, 3.8) is 0 Å². The van der Waals surface area contributed by atoms with Gasteiger partial charge in [-0.15, -0.1) is 0 Å². The molecule has 4 rings (SSSR count). The molecule has 1 aliphatic carbocycles. The Kier molecular flexibility index (Phi) is 3.64. The molecule has 8 nitrogen and oxygen atoms in total. The highest BCUT2D eigenvalue weighted by atomic mass is 16.2. The van der Waals surface area contributed by atoms with Crippen LogP contribution in [0.2, 0.25) is 0 Å². The summed E-state index contributed by atoms with van der Waals surface area (Å²) in [5.74, 6) is -1.92. The lowest BCUT2D eigenvalue weighted by Crippen LogP contribution is -2.54. The lowest BCUT2D eigenvalue weighted by Gasteiger charge is -2.41. The average molecular weight is 343 g/mol. The molecule has 130 valence electrons. The van der Waals surface area contributed by atoms with Gasteiger partial charge in [0.1, 0.15) is 12.3 Å². The summed E-state index contributed by atoms with van der Waals surface area (Å²) >= 11 is 0. The van der Waals surface area contributed by atoms with Gasteiger partial charge in [-0.25, -0.2) is 0 Å². The maximum Gasteiger partial charge on any atom is 0.262 e. The summed E-state index contributed by atoms with van der Waals surface area (Å²) in [6.45, 7) is 1.31. The van der Waals surface area contributed by atoms with Crippen molar-refractivity contribution < 1.29 is 24.0 Å². The van der Waals surface area contributed by atoms with Crippen LogP contribution in [0.4, 0.5) is 0 Å². The minimum Gasteiger partial charge on any atom is -0.303 e. The number of nitrogens with zero attached hydrogens (tertiary/aromatic N) is 2. The lowest BCUT2D eigenvalue weighted by molar-refractivity contribution is -0.149. The Labute approximate surface area is 143 Å². The quantitative estimate of drug-likeness (QED) is 0.516. The largest absolute Gasteiger partial charge is 0.303 e. The Hall–Kier alpha value is -2.61. The molecule has 0 bridgehead atoms. The number of rotatable bonds is 3. The van der Waals surface area contributed by atoms with Gasteiger partial charge in [0.15, 0.2) is 0 Å². The van der Waals surface area contributed by atoms with Crippen LogP contribution < -0.4 is 5.32 Å². The smallest absolute Gasteiger partial charge is 0.262 e. The van der Waals surface area contributed by atoms with Crippen LogP contribution in [-0.2, 0) is 24.0 Å². The minimum absolute atomic E-state index is 0.0200. The van der Waals surface area contributed by atoms with Crippen molar-refractivity contribution in [3.8, 4) is 0 Å². The molecule has 4 aliphatic rings. The number of hydrogen-bond acceptors (Lipinski definition) is 6. The third-order valence-electron chi connectivity index (χ3n) is 5.23. The highest BCUT2D eigenvalue weighted by molar-refractivity contribution is 6.26. The van der Waals surface area contributed by atoms with E-state index in [2.05, 4.69) is 10.2 Å². The van der Waals surface area contributed by atoms with E-state index in [1.54, 1.807) is 12.2 Å². The molecule has 3 aliphatic heterocycles. The highest BCUT2D eigenvalue weighted by Gasteiger charge is 2.48. The Morgan fingerprint density at radius 3 is 2.48 bits per heavy atom. The van der Waals surface area contributed by atoms with Crippen LogP contribution in [0.1, 0.15) is 19.3 Å². The van der Waals surface area contributed by atoms with Gasteiger partial charge in [-0.3, -0.25) is 34.3 Å². The van der Waals surface area contributed by atoms with Crippen LogP contribution in [0.25, 0.3) is 0 Å². The second-order valence-electron chi connectivity index (χ2n) is 6.80. The molecule has 0 aromatic heterocycles. The van der Waals surface area contributed by atoms with Crippen LogP contribution in [0, 0.1) is 5.92 Å². The molecule has 8 heteroatoms. The maximum absolute atomic E-state index is 12.7. The zero-order valence-corrected chi connectivity index (χ0v) is 13.4. The van der Waals surface area contributed by atoms with Gasteiger partial charge in [-0.1, -0.05) is 12.2 Å². The molecule has 25 heavy (non-hydrogen) atoms. The number of hydrogen-bond donors (Lipinski definition) is 1. The van der Waals surface area contributed by atoms with Crippen molar-refractivity contribution in [1.29, 1.82) is 0 Å². The highest BCUT2D eigenvalue weighted by Crippen LogP contribution is 2.35. The molecule has 2 unspecified atom stereocenters. The third kappa shape index (κ3) is 2.44. The predicted octanol–water partition coefficient (Wildman–Crippen LogP) is -1.08. The van der Waals surface area contributed by atoms with Crippen molar-refractivity contribution in [1.82, 2.24) is 15.1 Å². The molecular weight excluding hydrogens is 326 g/mol. The van der Waals surface area contributed by atoms with Gasteiger partial charge in [-0.05, 0) is 12.8 Å². The van der Waals surface area contributed by atoms with Gasteiger partial charge < -0.3 is 4.79 Å². The summed E-state index contributed by atoms with van der Waals surface area (Å²) in [6.07, 6.45) is 5.28. The molecule has 1 N–H and O–H groups in total. The zero-order chi connectivity index (χ0) is 17.7. The number of amides is 4. The van der Waals surface area contributed by atoms with E-state index in [0.717, 1.165) is 11.2 Å². The summed E-state index contributed by atoms with van der Waals surface area (Å²) in [4.78, 5) is 62.5. The van der Waals surface area contributed by atoms with Crippen LogP contribution in [0.5, 0.6) is 0 Å². The lowest BCUT2D eigenvalue weighted by atomic mass is 9.91. The monoisotopic (exact) mass is 343 g/mol. The number of imide groups is 2. The molecule has 0 aromatic carbocycles. The van der Waals surface area contributed by atoms with Crippen molar-refractivity contribution in [3.05, 3.63) is 23.3 Å². The molecule has 0 radical (unpaired) electrons. The zero-order valence-electron chi connectivity index (χ0n) is 13.4. The van der Waals surface area contributed by atoms with E-state index in [1.807, 2.05) is 0 Å². The predicted molar refractivity (Wildman–Crippen MR) is 83.7 cm³/mol. The number of aldehydes is 1. The van der Waals surface area contributed by atoms with Crippen molar-refractivity contribution in [2.45, 2.75) is 31.3 Å². The first-order valence-corrected chi connectivity index (χ1v) is 8.33. The first kappa shape index (κ1) is 15.9. The molecule has 4 amide bonds. The SMILES string of the molecule is O=CC1CN(C2C=C3C(=O)N(C4CCC(=O)NC4=O)C(=O)C3=CC2)C1. The van der Waals surface area contributed by atoms with E-state index < -0.39 is 29.7 Å². The van der Waals surface area contributed by atoms with E-state index in [0.29, 0.717) is 30.7 Å². The number of nitrogens with one attached hydrogen (secondary N) is 1. The number of likely N-dealkylation sites (tertiary alicyclic amines) is 2. The van der Waals surface area contributed by atoms with Crippen molar-refractivity contribution in [2.24, 2.45) is 5.92 Å². The van der Waals surface area contributed by atoms with E-state index >= 15 is 0 Å². The summed E-state index contributed by atoms with van der Waals surface area (Å²) in [5, 5.41) is 2.18. The van der Waals surface area contributed by atoms with Gasteiger partial charge in [0.2, 0.25) is 11.8 Å². The minimum atomic E-state index is -0.938. The Morgan fingerprint density at radius 2 is 1.80 bits per heavy atom. The average Bonchev–Trinajstić information content (AvgIpc) is 2.78. The standard InChI is InChI=1S/C17H17N3O5/c21-8-9-6-19(7-9)10-1-2-11-12(5-10)17(25)20(16(11)24)13-3-4-14(22)18-15(13)23/h2,5,8-10,13H,1,3-4,6-7H2,(H,18,22,23). The third-order valence-corrected chi connectivity index (χ3v) is 5.23. The van der Waals surface area contributed by atoms with Crippen LogP contribution in [0.15, 0.2) is 23.3 Å². The molecule has 2 atom stereocenters. The molecule has 3 saturated heterocycles. The van der Waals surface area contributed by atoms with Crippen molar-refractivity contribution in [2.75, 3.05) is 13.1 Å². The number of fused-ring (bicyclic) bond motifs is 1. The van der Waals surface area contributed by atoms with Gasteiger partial charge >= 0.3 is 0 Å². The van der Waals surface area contributed by atoms with E-state index in [9.17, 15) is 24.0 Å². The molecule has 0 spiro atoms. The maximum atomic E-state index is 12.7. The second-order valence-corrected chi connectivity index (χ2v) is 6.80. The normalized spacial score (nSPS) is 30.5. The molecular formula is C17H17N3O5.